The minimum Gasteiger partial charge on any atom is -0.497 e. The van der Waals surface area contributed by atoms with Crippen molar-refractivity contribution < 1.29 is 32.6 Å². The molecule has 1 aliphatic rings. The molecule has 0 aliphatic carbocycles. The summed E-state index contributed by atoms with van der Waals surface area (Å²) in [5.41, 5.74) is 1.06. The second-order valence-corrected chi connectivity index (χ2v) is 10.3. The number of aliphatic carboxylic acids is 1. The highest BCUT2D eigenvalue weighted by atomic mass is 32.2. The standard InChI is InChI=1S/C22H26N2O7S/c1-22(2,3)31-21(27)23-16-6-5-14-12-19(20(25)26)24(13-15(14)11-16)32(28,29)18-9-7-17(30-4)8-10-18/h5-11,19H,12-13H2,1-4H3,(H,23,27)(H,25,26)/t19-/m1/s1. The number of benzene rings is 2. The van der Waals surface area contributed by atoms with Crippen LogP contribution >= 0.6 is 0 Å². The summed E-state index contributed by atoms with van der Waals surface area (Å²) in [5.74, 6) is -0.746. The maximum Gasteiger partial charge on any atom is 0.412 e. The van der Waals surface area contributed by atoms with Gasteiger partial charge >= 0.3 is 12.1 Å². The predicted molar refractivity (Wildman–Crippen MR) is 117 cm³/mol. The predicted octanol–water partition coefficient (Wildman–Crippen LogP) is 3.24. The molecule has 0 aromatic heterocycles. The maximum atomic E-state index is 13.3. The van der Waals surface area contributed by atoms with Crippen LogP contribution in [-0.4, -0.2) is 48.6 Å². The van der Waals surface area contributed by atoms with Crippen LogP contribution in [0.1, 0.15) is 31.9 Å². The number of nitrogens with one attached hydrogen (secondary N) is 1. The number of fused-ring (bicyclic) bond motifs is 1. The van der Waals surface area contributed by atoms with Crippen LogP contribution in [0.15, 0.2) is 47.4 Å². The van der Waals surface area contributed by atoms with E-state index in [1.54, 1.807) is 39.0 Å². The second-order valence-electron chi connectivity index (χ2n) is 8.39. The first kappa shape index (κ1) is 23.6. The number of carbonyl (C=O) groups is 2. The van der Waals surface area contributed by atoms with Gasteiger partial charge < -0.3 is 14.6 Å². The van der Waals surface area contributed by atoms with Crippen LogP contribution in [0.25, 0.3) is 0 Å². The summed E-state index contributed by atoms with van der Waals surface area (Å²) in [6.45, 7) is 5.08. The molecule has 10 heteroatoms. The van der Waals surface area contributed by atoms with Crippen LogP contribution < -0.4 is 10.1 Å². The van der Waals surface area contributed by atoms with E-state index in [1.165, 1.54) is 31.4 Å². The Kier molecular flexibility index (Phi) is 6.47. The van der Waals surface area contributed by atoms with Crippen molar-refractivity contribution in [1.82, 2.24) is 4.31 Å². The summed E-state index contributed by atoms with van der Waals surface area (Å²) in [5, 5.41) is 12.3. The maximum absolute atomic E-state index is 13.3. The zero-order valence-electron chi connectivity index (χ0n) is 18.3. The third-order valence-electron chi connectivity index (χ3n) is 4.89. The fourth-order valence-corrected chi connectivity index (χ4v) is 4.97. The Morgan fingerprint density at radius 1 is 1.09 bits per heavy atom. The zero-order valence-corrected chi connectivity index (χ0v) is 19.1. The summed E-state index contributed by atoms with van der Waals surface area (Å²) < 4.78 is 37.8. The number of hydrogen-bond acceptors (Lipinski definition) is 6. The summed E-state index contributed by atoms with van der Waals surface area (Å²) in [4.78, 5) is 23.9. The number of ether oxygens (including phenoxy) is 2. The van der Waals surface area contributed by atoms with Crippen molar-refractivity contribution in [3.05, 3.63) is 53.6 Å². The number of carboxylic acid groups (broad SMARTS) is 1. The van der Waals surface area contributed by atoms with Crippen LogP contribution in [0.4, 0.5) is 10.5 Å². The Labute approximate surface area is 187 Å². The average molecular weight is 463 g/mol. The van der Waals surface area contributed by atoms with E-state index >= 15 is 0 Å². The number of anilines is 1. The van der Waals surface area contributed by atoms with E-state index in [2.05, 4.69) is 5.32 Å². The molecule has 2 aromatic rings. The third kappa shape index (κ3) is 5.20. The lowest BCUT2D eigenvalue weighted by atomic mass is 9.95. The molecule has 2 N–H and O–H groups in total. The van der Waals surface area contributed by atoms with Gasteiger partial charge in [0.2, 0.25) is 10.0 Å². The molecule has 9 nitrogen and oxygen atoms in total. The molecule has 0 unspecified atom stereocenters. The van der Waals surface area contributed by atoms with Gasteiger partial charge in [-0.3, -0.25) is 10.1 Å². The van der Waals surface area contributed by atoms with E-state index < -0.39 is 33.7 Å². The Balaban J connectivity index is 1.91. The third-order valence-corrected chi connectivity index (χ3v) is 6.76. The molecule has 0 radical (unpaired) electrons. The molecule has 3 rings (SSSR count). The number of hydrogen-bond donors (Lipinski definition) is 2. The average Bonchev–Trinajstić information content (AvgIpc) is 2.71. The number of methoxy groups -OCH3 is 1. The molecule has 2 aromatic carbocycles. The Morgan fingerprint density at radius 2 is 1.75 bits per heavy atom. The molecule has 1 atom stereocenters. The monoisotopic (exact) mass is 462 g/mol. The topological polar surface area (TPSA) is 122 Å². The Morgan fingerprint density at radius 3 is 2.31 bits per heavy atom. The molecule has 0 fully saturated rings. The van der Waals surface area contributed by atoms with Crippen molar-refractivity contribution in [2.45, 2.75) is 50.3 Å². The first-order valence-corrected chi connectivity index (χ1v) is 11.4. The molecule has 1 heterocycles. The largest absolute Gasteiger partial charge is 0.497 e. The number of carboxylic acids is 1. The van der Waals surface area contributed by atoms with Gasteiger partial charge in [-0.05, 0) is 68.3 Å². The van der Waals surface area contributed by atoms with Gasteiger partial charge in [0, 0.05) is 18.7 Å². The molecule has 0 saturated heterocycles. The van der Waals surface area contributed by atoms with Crippen LogP contribution in [0, 0.1) is 0 Å². The number of nitrogens with zero attached hydrogens (tertiary/aromatic N) is 1. The first-order valence-electron chi connectivity index (χ1n) is 9.91. The summed E-state index contributed by atoms with van der Waals surface area (Å²) in [6.07, 6.45) is -0.633. The minimum atomic E-state index is -4.10. The molecule has 0 saturated carbocycles. The van der Waals surface area contributed by atoms with Crippen molar-refractivity contribution in [1.29, 1.82) is 0 Å². The molecular weight excluding hydrogens is 436 g/mol. The zero-order chi connectivity index (χ0) is 23.7. The lowest BCUT2D eigenvalue weighted by Gasteiger charge is -2.33. The van der Waals surface area contributed by atoms with Gasteiger partial charge in [-0.25, -0.2) is 13.2 Å². The summed E-state index contributed by atoms with van der Waals surface area (Å²) >= 11 is 0. The highest BCUT2D eigenvalue weighted by molar-refractivity contribution is 7.89. The van der Waals surface area contributed by atoms with Gasteiger partial charge in [0.15, 0.2) is 0 Å². The lowest BCUT2D eigenvalue weighted by Crippen LogP contribution is -2.48. The van der Waals surface area contributed by atoms with Gasteiger partial charge in [-0.15, -0.1) is 0 Å². The Hall–Kier alpha value is -3.11. The van der Waals surface area contributed by atoms with Crippen LogP contribution in [0.2, 0.25) is 0 Å². The molecular formula is C22H26N2O7S. The van der Waals surface area contributed by atoms with Gasteiger partial charge in [-0.1, -0.05) is 6.07 Å². The van der Waals surface area contributed by atoms with E-state index in [9.17, 15) is 23.1 Å². The van der Waals surface area contributed by atoms with Gasteiger partial charge in [-0.2, -0.15) is 4.31 Å². The second kappa shape index (κ2) is 8.79. The Bertz CT molecular complexity index is 1120. The minimum absolute atomic E-state index is 0.00672. The molecule has 172 valence electrons. The van der Waals surface area contributed by atoms with E-state index in [0.29, 0.717) is 22.6 Å². The molecule has 1 amide bonds. The van der Waals surface area contributed by atoms with Gasteiger partial charge in [0.05, 0.1) is 12.0 Å². The van der Waals surface area contributed by atoms with E-state index in [0.717, 1.165) is 4.31 Å². The number of carbonyl (C=O) groups excluding carboxylic acids is 1. The van der Waals surface area contributed by atoms with Crippen LogP contribution in [0.5, 0.6) is 5.75 Å². The van der Waals surface area contributed by atoms with Crippen LogP contribution in [-0.2, 0) is 32.5 Å². The van der Waals surface area contributed by atoms with Crippen molar-refractivity contribution >= 4 is 27.8 Å². The number of amides is 1. The summed E-state index contributed by atoms with van der Waals surface area (Å²) in [7, 11) is -2.63. The number of rotatable bonds is 5. The molecule has 0 bridgehead atoms. The van der Waals surface area contributed by atoms with Gasteiger partial charge in [0.25, 0.3) is 0 Å². The fraction of sp³-hybridized carbons (Fsp3) is 0.364. The van der Waals surface area contributed by atoms with Crippen molar-refractivity contribution in [3.8, 4) is 5.75 Å². The van der Waals surface area contributed by atoms with Crippen LogP contribution in [0.3, 0.4) is 0 Å². The lowest BCUT2D eigenvalue weighted by molar-refractivity contribution is -0.141. The van der Waals surface area contributed by atoms with Crippen molar-refractivity contribution in [2.75, 3.05) is 12.4 Å². The van der Waals surface area contributed by atoms with Crippen molar-refractivity contribution in [2.24, 2.45) is 0 Å². The van der Waals surface area contributed by atoms with E-state index in [-0.39, 0.29) is 17.9 Å². The van der Waals surface area contributed by atoms with Crippen molar-refractivity contribution in [3.63, 3.8) is 0 Å². The quantitative estimate of drug-likeness (QED) is 0.699. The molecule has 1 aliphatic heterocycles. The SMILES string of the molecule is COc1ccc(S(=O)(=O)N2Cc3cc(NC(=O)OC(C)(C)C)ccc3C[C@@H]2C(=O)O)cc1. The van der Waals surface area contributed by atoms with E-state index in [1.807, 2.05) is 0 Å². The smallest absolute Gasteiger partial charge is 0.412 e. The highest BCUT2D eigenvalue weighted by Crippen LogP contribution is 2.31. The first-order chi connectivity index (χ1) is 14.9. The van der Waals surface area contributed by atoms with E-state index in [4.69, 9.17) is 9.47 Å². The molecule has 32 heavy (non-hydrogen) atoms. The fourth-order valence-electron chi connectivity index (χ4n) is 3.41. The number of sulfonamides is 1. The summed E-state index contributed by atoms with van der Waals surface area (Å²) in [6, 6.07) is 9.47. The normalized spacial score (nSPS) is 16.7. The molecule has 0 spiro atoms. The van der Waals surface area contributed by atoms with Gasteiger partial charge in [0.1, 0.15) is 17.4 Å². The highest BCUT2D eigenvalue weighted by Gasteiger charge is 2.39.